The lowest BCUT2D eigenvalue weighted by Gasteiger charge is -2.18. The molecule has 0 saturated heterocycles. The number of aromatic nitrogens is 3. The van der Waals surface area contributed by atoms with Gasteiger partial charge in [-0.05, 0) is 19.1 Å². The highest BCUT2D eigenvalue weighted by atomic mass is 32.2. The summed E-state index contributed by atoms with van der Waals surface area (Å²) in [6.07, 6.45) is 0. The Kier molecular flexibility index (Phi) is 7.22. The zero-order chi connectivity index (χ0) is 20.0. The van der Waals surface area contributed by atoms with Gasteiger partial charge in [0.05, 0.1) is 10.6 Å². The van der Waals surface area contributed by atoms with E-state index in [0.717, 1.165) is 11.8 Å². The minimum absolute atomic E-state index is 0.126. The standard InChI is InChI=1S/C16H24N6O3S2/c1-4-18-14(23)11-26-16-20-19-15(22(16)17)12-8-7-9-13(10-12)27(24,25)21(5-2)6-3/h7-10H,4-6,11,17H2,1-3H3,(H,18,23). The van der Waals surface area contributed by atoms with Gasteiger partial charge in [-0.15, -0.1) is 10.2 Å². The molecule has 1 amide bonds. The van der Waals surface area contributed by atoms with Gasteiger partial charge in [0.25, 0.3) is 0 Å². The number of hydrogen-bond donors (Lipinski definition) is 2. The predicted molar refractivity (Wildman–Crippen MR) is 105 cm³/mol. The van der Waals surface area contributed by atoms with Gasteiger partial charge in [0.1, 0.15) is 0 Å². The average molecular weight is 413 g/mol. The summed E-state index contributed by atoms with van der Waals surface area (Å²) in [6, 6.07) is 6.42. The van der Waals surface area contributed by atoms with Crippen LogP contribution in [0.3, 0.4) is 0 Å². The molecule has 9 nitrogen and oxygen atoms in total. The minimum atomic E-state index is -3.59. The van der Waals surface area contributed by atoms with Crippen molar-refractivity contribution in [1.82, 2.24) is 24.5 Å². The number of rotatable bonds is 9. The van der Waals surface area contributed by atoms with Gasteiger partial charge in [-0.2, -0.15) is 4.31 Å². The molecule has 0 aliphatic carbocycles. The van der Waals surface area contributed by atoms with Crippen LogP contribution in [0.4, 0.5) is 0 Å². The maximum absolute atomic E-state index is 12.7. The number of benzene rings is 1. The third-order valence-electron chi connectivity index (χ3n) is 3.81. The first-order chi connectivity index (χ1) is 12.8. The maximum atomic E-state index is 12.7. The van der Waals surface area contributed by atoms with Gasteiger partial charge in [0.2, 0.25) is 21.1 Å². The fourth-order valence-electron chi connectivity index (χ4n) is 2.46. The third-order valence-corrected chi connectivity index (χ3v) is 6.80. The topological polar surface area (TPSA) is 123 Å². The van der Waals surface area contributed by atoms with Gasteiger partial charge < -0.3 is 11.2 Å². The molecule has 0 aliphatic heterocycles. The second kappa shape index (κ2) is 9.20. The molecule has 1 aromatic carbocycles. The van der Waals surface area contributed by atoms with Crippen molar-refractivity contribution in [1.29, 1.82) is 0 Å². The summed E-state index contributed by atoms with van der Waals surface area (Å²) in [5.41, 5.74) is 0.531. The van der Waals surface area contributed by atoms with Crippen LogP contribution in [0.5, 0.6) is 0 Å². The molecule has 0 bridgehead atoms. The number of hydrogen-bond acceptors (Lipinski definition) is 7. The van der Waals surface area contributed by atoms with Gasteiger partial charge in [0.15, 0.2) is 5.82 Å². The lowest BCUT2D eigenvalue weighted by Crippen LogP contribution is -2.30. The van der Waals surface area contributed by atoms with Crippen molar-refractivity contribution in [3.8, 4) is 11.4 Å². The molecular formula is C16H24N6O3S2. The molecule has 2 aromatic rings. The van der Waals surface area contributed by atoms with Crippen molar-refractivity contribution in [2.45, 2.75) is 30.8 Å². The number of carbonyl (C=O) groups excluding carboxylic acids is 1. The summed E-state index contributed by atoms with van der Waals surface area (Å²) in [7, 11) is -3.59. The van der Waals surface area contributed by atoms with Gasteiger partial charge in [0, 0.05) is 25.2 Å². The van der Waals surface area contributed by atoms with E-state index >= 15 is 0 Å². The Bertz CT molecular complexity index is 893. The summed E-state index contributed by atoms with van der Waals surface area (Å²) in [6.45, 7) is 6.74. The number of nitrogen functional groups attached to an aromatic ring is 1. The van der Waals surface area contributed by atoms with Gasteiger partial charge in [-0.1, -0.05) is 37.7 Å². The normalized spacial score (nSPS) is 11.7. The Morgan fingerprint density at radius 3 is 2.59 bits per heavy atom. The minimum Gasteiger partial charge on any atom is -0.356 e. The predicted octanol–water partition coefficient (Wildman–Crippen LogP) is 0.918. The molecule has 27 heavy (non-hydrogen) atoms. The van der Waals surface area contributed by atoms with Crippen molar-refractivity contribution in [2.24, 2.45) is 0 Å². The van der Waals surface area contributed by atoms with Crippen molar-refractivity contribution >= 4 is 27.7 Å². The fraction of sp³-hybridized carbons (Fsp3) is 0.438. The number of nitrogens with zero attached hydrogens (tertiary/aromatic N) is 4. The smallest absolute Gasteiger partial charge is 0.243 e. The molecule has 0 saturated carbocycles. The van der Waals surface area contributed by atoms with Crippen LogP contribution in [0.25, 0.3) is 11.4 Å². The van der Waals surface area contributed by atoms with E-state index in [0.29, 0.717) is 36.2 Å². The van der Waals surface area contributed by atoms with Gasteiger partial charge in [-0.25, -0.2) is 13.1 Å². The zero-order valence-corrected chi connectivity index (χ0v) is 17.2. The van der Waals surface area contributed by atoms with E-state index in [1.165, 1.54) is 15.0 Å². The van der Waals surface area contributed by atoms with E-state index in [2.05, 4.69) is 15.5 Å². The summed E-state index contributed by atoms with van der Waals surface area (Å²) < 4.78 is 28.1. The van der Waals surface area contributed by atoms with E-state index in [9.17, 15) is 13.2 Å². The van der Waals surface area contributed by atoms with Crippen LogP contribution in [0, 0.1) is 0 Å². The lowest BCUT2D eigenvalue weighted by molar-refractivity contribution is -0.118. The van der Waals surface area contributed by atoms with E-state index in [4.69, 9.17) is 5.84 Å². The second-order valence-corrected chi connectivity index (χ2v) is 8.42. The number of nitrogens with one attached hydrogen (secondary N) is 1. The number of nitrogens with two attached hydrogens (primary N) is 1. The molecule has 148 valence electrons. The third kappa shape index (κ3) is 4.79. The molecule has 1 aromatic heterocycles. The number of thioether (sulfide) groups is 1. The van der Waals surface area contributed by atoms with Gasteiger partial charge >= 0.3 is 0 Å². The van der Waals surface area contributed by atoms with Crippen LogP contribution < -0.4 is 11.2 Å². The van der Waals surface area contributed by atoms with E-state index < -0.39 is 10.0 Å². The maximum Gasteiger partial charge on any atom is 0.243 e. The van der Waals surface area contributed by atoms with Crippen molar-refractivity contribution in [3.05, 3.63) is 24.3 Å². The van der Waals surface area contributed by atoms with Crippen LogP contribution in [0.2, 0.25) is 0 Å². The van der Waals surface area contributed by atoms with Crippen LogP contribution in [0.15, 0.2) is 34.3 Å². The van der Waals surface area contributed by atoms with Crippen LogP contribution >= 0.6 is 11.8 Å². The first kappa shape index (κ1) is 21.2. The summed E-state index contributed by atoms with van der Waals surface area (Å²) in [5.74, 6) is 6.41. The Hall–Kier alpha value is -2.11. The van der Waals surface area contributed by atoms with E-state index in [1.54, 1.807) is 32.0 Å². The second-order valence-electron chi connectivity index (χ2n) is 5.54. The van der Waals surface area contributed by atoms with Crippen LogP contribution in [0.1, 0.15) is 20.8 Å². The number of sulfonamides is 1. The summed E-state index contributed by atoms with van der Waals surface area (Å²) >= 11 is 1.16. The van der Waals surface area contributed by atoms with Crippen molar-refractivity contribution in [2.75, 3.05) is 31.2 Å². The number of carbonyl (C=O) groups is 1. The highest BCUT2D eigenvalue weighted by Crippen LogP contribution is 2.25. The molecule has 3 N–H and O–H groups in total. The average Bonchev–Trinajstić information content (AvgIpc) is 3.02. The number of amides is 1. The Morgan fingerprint density at radius 2 is 1.96 bits per heavy atom. The molecule has 2 rings (SSSR count). The molecule has 0 aliphatic rings. The van der Waals surface area contributed by atoms with E-state index in [1.807, 2.05) is 6.92 Å². The Labute approximate surface area is 163 Å². The highest BCUT2D eigenvalue weighted by molar-refractivity contribution is 7.99. The zero-order valence-electron chi connectivity index (χ0n) is 15.5. The van der Waals surface area contributed by atoms with E-state index in [-0.39, 0.29) is 16.6 Å². The van der Waals surface area contributed by atoms with Crippen molar-refractivity contribution in [3.63, 3.8) is 0 Å². The molecule has 0 fully saturated rings. The summed E-state index contributed by atoms with van der Waals surface area (Å²) in [5, 5.41) is 11.1. The van der Waals surface area contributed by atoms with Crippen LogP contribution in [-0.4, -0.2) is 58.9 Å². The molecule has 0 atom stereocenters. The largest absolute Gasteiger partial charge is 0.356 e. The molecule has 0 unspecified atom stereocenters. The Morgan fingerprint density at radius 1 is 1.26 bits per heavy atom. The molecule has 1 heterocycles. The Balaban J connectivity index is 2.29. The highest BCUT2D eigenvalue weighted by Gasteiger charge is 2.23. The van der Waals surface area contributed by atoms with Gasteiger partial charge in [-0.3, -0.25) is 4.79 Å². The fourth-order valence-corrected chi connectivity index (χ4v) is 4.65. The lowest BCUT2D eigenvalue weighted by atomic mass is 10.2. The molecule has 0 spiro atoms. The van der Waals surface area contributed by atoms with Crippen LogP contribution in [-0.2, 0) is 14.8 Å². The quantitative estimate of drug-likeness (QED) is 0.464. The summed E-state index contributed by atoms with van der Waals surface area (Å²) in [4.78, 5) is 11.7. The first-order valence-electron chi connectivity index (χ1n) is 8.55. The first-order valence-corrected chi connectivity index (χ1v) is 11.0. The molecule has 11 heteroatoms. The monoisotopic (exact) mass is 412 g/mol. The van der Waals surface area contributed by atoms with Crippen molar-refractivity contribution < 1.29 is 13.2 Å². The SMILES string of the molecule is CCNC(=O)CSc1nnc(-c2cccc(S(=O)(=O)N(CC)CC)c2)n1N. The molecule has 0 radical (unpaired) electrons. The molecular weight excluding hydrogens is 388 g/mol.